The molecule has 3 aromatic heterocycles. The molecular formula is C70H54N4. The predicted molar refractivity (Wildman–Crippen MR) is 312 cm³/mol. The molecule has 0 aliphatic carbocycles. The number of nitrogens with zero attached hydrogens (tertiary/aromatic N) is 4. The first-order valence-corrected chi connectivity index (χ1v) is 25.6. The molecule has 0 amide bonds. The molecular weight excluding hydrogens is 897 g/mol. The third kappa shape index (κ3) is 7.52. The minimum absolute atomic E-state index is 0.664. The summed E-state index contributed by atoms with van der Waals surface area (Å²) in [5, 5.41) is 4.85. The summed E-state index contributed by atoms with van der Waals surface area (Å²) >= 11 is 0. The normalized spacial score (nSPS) is 11.6. The number of aryl methyl sites for hydroxylation is 6. The average molecular weight is 951 g/mol. The van der Waals surface area contributed by atoms with Crippen LogP contribution < -0.4 is 0 Å². The Morgan fingerprint density at radius 1 is 0.284 bits per heavy atom. The Morgan fingerprint density at radius 2 is 0.689 bits per heavy atom. The van der Waals surface area contributed by atoms with Crippen molar-refractivity contribution >= 4 is 43.6 Å². The van der Waals surface area contributed by atoms with E-state index in [1.807, 2.05) is 12.1 Å². The Kier molecular flexibility index (Phi) is 10.8. The van der Waals surface area contributed by atoms with Crippen LogP contribution >= 0.6 is 0 Å². The fourth-order valence-electron chi connectivity index (χ4n) is 12.1. The van der Waals surface area contributed by atoms with Gasteiger partial charge in [-0.1, -0.05) is 175 Å². The molecule has 0 spiro atoms. The van der Waals surface area contributed by atoms with Gasteiger partial charge in [0.25, 0.3) is 0 Å². The van der Waals surface area contributed by atoms with Gasteiger partial charge in [-0.2, -0.15) is 0 Å². The molecule has 0 bridgehead atoms. The van der Waals surface area contributed by atoms with E-state index in [0.29, 0.717) is 5.82 Å². The highest BCUT2D eigenvalue weighted by Gasteiger charge is 2.23. The van der Waals surface area contributed by atoms with Crippen LogP contribution in [0, 0.1) is 41.5 Å². The molecule has 10 aromatic carbocycles. The predicted octanol–water partition coefficient (Wildman–Crippen LogP) is 18.5. The number of hydrogen-bond acceptors (Lipinski definition) is 2. The molecule has 4 heteroatoms. The highest BCUT2D eigenvalue weighted by atomic mass is 15.0. The van der Waals surface area contributed by atoms with Crippen LogP contribution in [-0.4, -0.2) is 19.1 Å². The Balaban J connectivity index is 1.08. The Morgan fingerprint density at radius 3 is 1.20 bits per heavy atom. The van der Waals surface area contributed by atoms with Gasteiger partial charge in [0.1, 0.15) is 0 Å². The highest BCUT2D eigenvalue weighted by molar-refractivity contribution is 6.13. The topological polar surface area (TPSA) is 35.6 Å². The standard InChI is InChI=1S/C70H54N4/c1-43-35-45(3)68(46(4)36-43)51-30-33-65-58(39-51)55-24-14-17-27-63(55)73(65)62-26-16-13-23-54(62)57-32-29-53(70-71-60(49-19-9-7-10-20-49)42-61(72-70)50-21-11-8-12-22-50)41-67(57)74-64-28-18-15-25-56(64)59-40-52(31-34-66(59)74)69-47(5)37-44(2)38-48(69)6/h7-42H,1-6H3. The molecule has 0 saturated heterocycles. The van der Waals surface area contributed by atoms with E-state index in [1.165, 1.54) is 77.2 Å². The van der Waals surface area contributed by atoms with Crippen LogP contribution in [-0.2, 0) is 0 Å². The molecule has 0 fully saturated rings. The van der Waals surface area contributed by atoms with Crippen LogP contribution in [0.15, 0.2) is 218 Å². The lowest BCUT2D eigenvalue weighted by Crippen LogP contribution is -2.03. The molecule has 0 unspecified atom stereocenters. The van der Waals surface area contributed by atoms with Gasteiger partial charge in [-0.3, -0.25) is 0 Å². The van der Waals surface area contributed by atoms with Crippen LogP contribution in [0.1, 0.15) is 33.4 Å². The van der Waals surface area contributed by atoms with E-state index in [4.69, 9.17) is 9.97 Å². The van der Waals surface area contributed by atoms with Crippen molar-refractivity contribution in [2.45, 2.75) is 41.5 Å². The maximum atomic E-state index is 5.36. The lowest BCUT2D eigenvalue weighted by Gasteiger charge is -2.20. The van der Waals surface area contributed by atoms with Crippen LogP contribution in [0.25, 0.3) is 122 Å². The zero-order chi connectivity index (χ0) is 50.2. The molecule has 0 N–H and O–H groups in total. The van der Waals surface area contributed by atoms with Crippen LogP contribution in [0.2, 0.25) is 0 Å². The first-order valence-electron chi connectivity index (χ1n) is 25.6. The van der Waals surface area contributed by atoms with Gasteiger partial charge in [0.2, 0.25) is 0 Å². The molecule has 0 atom stereocenters. The molecule has 4 nitrogen and oxygen atoms in total. The quantitative estimate of drug-likeness (QED) is 0.152. The van der Waals surface area contributed by atoms with Crippen LogP contribution in [0.4, 0.5) is 0 Å². The van der Waals surface area contributed by atoms with Crippen molar-refractivity contribution in [1.29, 1.82) is 0 Å². The van der Waals surface area contributed by atoms with Crippen molar-refractivity contribution in [1.82, 2.24) is 19.1 Å². The van der Waals surface area contributed by atoms with Crippen molar-refractivity contribution < 1.29 is 0 Å². The molecule has 0 radical (unpaired) electrons. The minimum Gasteiger partial charge on any atom is -0.309 e. The SMILES string of the molecule is Cc1cc(C)c(-c2ccc3c(c2)c2ccccc2n3-c2ccccc2-c2ccc(-c3nc(-c4ccccc4)cc(-c4ccccc4)n3)cc2-n2c3ccccc3c3cc(-c4c(C)cc(C)cc4C)ccc32)c(C)c1. The summed E-state index contributed by atoms with van der Waals surface area (Å²) in [5.41, 5.74) is 26.4. The van der Waals surface area contributed by atoms with E-state index >= 15 is 0 Å². The van der Waals surface area contributed by atoms with Crippen LogP contribution in [0.5, 0.6) is 0 Å². The Bertz CT molecular complexity index is 4260. The third-order valence-electron chi connectivity index (χ3n) is 15.1. The van der Waals surface area contributed by atoms with Gasteiger partial charge < -0.3 is 9.13 Å². The lowest BCUT2D eigenvalue weighted by molar-refractivity contribution is 1.15. The largest absolute Gasteiger partial charge is 0.309 e. The van der Waals surface area contributed by atoms with E-state index in [-0.39, 0.29) is 0 Å². The second-order valence-corrected chi connectivity index (χ2v) is 20.2. The number of rotatable bonds is 8. The maximum absolute atomic E-state index is 5.36. The van der Waals surface area contributed by atoms with E-state index in [0.717, 1.165) is 72.6 Å². The van der Waals surface area contributed by atoms with Crippen molar-refractivity contribution in [2.24, 2.45) is 0 Å². The molecule has 0 saturated carbocycles. The van der Waals surface area contributed by atoms with Gasteiger partial charge in [-0.25, -0.2) is 9.97 Å². The summed E-state index contributed by atoms with van der Waals surface area (Å²) in [4.78, 5) is 10.7. The summed E-state index contributed by atoms with van der Waals surface area (Å²) in [6, 6.07) is 79.7. The van der Waals surface area contributed by atoms with Gasteiger partial charge in [-0.05, 0) is 141 Å². The van der Waals surface area contributed by atoms with Crippen molar-refractivity contribution in [3.63, 3.8) is 0 Å². The van der Waals surface area contributed by atoms with E-state index in [2.05, 4.69) is 257 Å². The molecule has 74 heavy (non-hydrogen) atoms. The fraction of sp³-hybridized carbons (Fsp3) is 0.0857. The lowest BCUT2D eigenvalue weighted by atomic mass is 9.93. The van der Waals surface area contributed by atoms with Gasteiger partial charge in [0, 0.05) is 49.4 Å². The van der Waals surface area contributed by atoms with E-state index < -0.39 is 0 Å². The first-order chi connectivity index (χ1) is 36.2. The second-order valence-electron chi connectivity index (χ2n) is 20.2. The summed E-state index contributed by atoms with van der Waals surface area (Å²) in [6.07, 6.45) is 0. The maximum Gasteiger partial charge on any atom is 0.160 e. The van der Waals surface area contributed by atoms with E-state index in [1.54, 1.807) is 0 Å². The highest BCUT2D eigenvalue weighted by Crippen LogP contribution is 2.44. The zero-order valence-corrected chi connectivity index (χ0v) is 42.6. The Hall–Kier alpha value is -9.12. The van der Waals surface area contributed by atoms with Gasteiger partial charge >= 0.3 is 0 Å². The summed E-state index contributed by atoms with van der Waals surface area (Å²) in [7, 11) is 0. The first kappa shape index (κ1) is 44.8. The molecule has 354 valence electrons. The second kappa shape index (κ2) is 17.9. The molecule has 13 aromatic rings. The molecule has 0 aliphatic heterocycles. The summed E-state index contributed by atoms with van der Waals surface area (Å²) in [6.45, 7) is 13.3. The van der Waals surface area contributed by atoms with Crippen molar-refractivity contribution in [3.8, 4) is 78.7 Å². The van der Waals surface area contributed by atoms with Gasteiger partial charge in [0.15, 0.2) is 5.82 Å². The van der Waals surface area contributed by atoms with Crippen molar-refractivity contribution in [2.75, 3.05) is 0 Å². The minimum atomic E-state index is 0.664. The molecule has 13 rings (SSSR count). The smallest absolute Gasteiger partial charge is 0.160 e. The fourth-order valence-corrected chi connectivity index (χ4v) is 12.1. The molecule has 3 heterocycles. The summed E-state index contributed by atoms with van der Waals surface area (Å²) < 4.78 is 4.95. The zero-order valence-electron chi connectivity index (χ0n) is 42.6. The van der Waals surface area contributed by atoms with E-state index in [9.17, 15) is 0 Å². The number of benzene rings is 10. The number of para-hydroxylation sites is 3. The van der Waals surface area contributed by atoms with Crippen molar-refractivity contribution in [3.05, 3.63) is 252 Å². The molecule has 0 aliphatic rings. The number of fused-ring (bicyclic) bond motifs is 6. The summed E-state index contributed by atoms with van der Waals surface area (Å²) in [5.74, 6) is 0.664. The Labute approximate surface area is 432 Å². The monoisotopic (exact) mass is 950 g/mol. The van der Waals surface area contributed by atoms with Gasteiger partial charge in [-0.15, -0.1) is 0 Å². The number of aromatic nitrogens is 4. The van der Waals surface area contributed by atoms with Crippen LogP contribution in [0.3, 0.4) is 0 Å². The average Bonchev–Trinajstić information content (AvgIpc) is 3.93. The third-order valence-corrected chi connectivity index (χ3v) is 15.1. The number of hydrogen-bond donors (Lipinski definition) is 0. The van der Waals surface area contributed by atoms with Gasteiger partial charge in [0.05, 0.1) is 44.8 Å².